The van der Waals surface area contributed by atoms with E-state index in [2.05, 4.69) is 10.6 Å². The summed E-state index contributed by atoms with van der Waals surface area (Å²) in [4.78, 5) is 33.3. The molecule has 92 valence electrons. The van der Waals surface area contributed by atoms with E-state index in [9.17, 15) is 14.4 Å². The van der Waals surface area contributed by atoms with Crippen LogP contribution in [0.5, 0.6) is 0 Å². The van der Waals surface area contributed by atoms with Crippen LogP contribution in [0.25, 0.3) is 0 Å². The first-order valence-corrected chi connectivity index (χ1v) is 4.88. The van der Waals surface area contributed by atoms with Crippen LogP contribution >= 0.6 is 0 Å². The normalized spacial score (nSPS) is 9.38. The average molecular weight is 231 g/mol. The van der Waals surface area contributed by atoms with Crippen LogP contribution in [0.1, 0.15) is 13.3 Å². The molecule has 0 aromatic rings. The van der Waals surface area contributed by atoms with Gasteiger partial charge in [-0.1, -0.05) is 0 Å². The van der Waals surface area contributed by atoms with Crippen molar-refractivity contribution < 1.29 is 19.5 Å². The molecular weight excluding hydrogens is 214 g/mol. The monoisotopic (exact) mass is 231 g/mol. The minimum Gasteiger partial charge on any atom is -0.481 e. The molecule has 0 saturated heterocycles. The molecular formula is C9H17N3O4. The van der Waals surface area contributed by atoms with Crippen LogP contribution in [0.4, 0.5) is 4.79 Å². The minimum atomic E-state index is -0.946. The third-order valence-corrected chi connectivity index (χ3v) is 1.78. The highest BCUT2D eigenvalue weighted by molar-refractivity contribution is 5.75. The molecule has 0 rings (SSSR count). The fraction of sp³-hybridized carbons (Fsp3) is 0.667. The van der Waals surface area contributed by atoms with Gasteiger partial charge >= 0.3 is 12.0 Å². The predicted octanol–water partition coefficient (Wildman–Crippen LogP) is -0.761. The molecule has 0 aromatic carbocycles. The zero-order chi connectivity index (χ0) is 12.6. The number of carboxylic acid groups (broad SMARTS) is 1. The zero-order valence-electron chi connectivity index (χ0n) is 9.45. The Kier molecular flexibility index (Phi) is 6.66. The fourth-order valence-corrected chi connectivity index (χ4v) is 0.908. The highest BCUT2D eigenvalue weighted by Gasteiger charge is 2.08. The minimum absolute atomic E-state index is 0.0877. The van der Waals surface area contributed by atoms with E-state index in [1.165, 1.54) is 18.9 Å². The Morgan fingerprint density at radius 3 is 2.25 bits per heavy atom. The van der Waals surface area contributed by atoms with Crippen LogP contribution in [-0.4, -0.2) is 54.6 Å². The van der Waals surface area contributed by atoms with Crippen molar-refractivity contribution >= 4 is 17.9 Å². The summed E-state index contributed by atoms with van der Waals surface area (Å²) in [6, 6.07) is -0.355. The summed E-state index contributed by atoms with van der Waals surface area (Å²) in [6.45, 7) is 2.21. The Balaban J connectivity index is 3.62. The van der Waals surface area contributed by atoms with Gasteiger partial charge in [0.25, 0.3) is 0 Å². The van der Waals surface area contributed by atoms with Gasteiger partial charge < -0.3 is 20.6 Å². The van der Waals surface area contributed by atoms with Crippen LogP contribution in [0, 0.1) is 0 Å². The highest BCUT2D eigenvalue weighted by Crippen LogP contribution is 1.88. The number of hydrogen-bond donors (Lipinski definition) is 3. The molecule has 0 aliphatic carbocycles. The van der Waals surface area contributed by atoms with E-state index in [4.69, 9.17) is 5.11 Å². The second kappa shape index (κ2) is 7.49. The molecule has 0 fully saturated rings. The van der Waals surface area contributed by atoms with Crippen molar-refractivity contribution in [3.05, 3.63) is 0 Å². The molecule has 0 unspecified atom stereocenters. The average Bonchev–Trinajstić information content (AvgIpc) is 2.20. The Bertz CT molecular complexity index is 267. The SMILES string of the molecule is CC(=O)NCCNC(=O)N(C)CCC(=O)O. The van der Waals surface area contributed by atoms with E-state index in [0.29, 0.717) is 13.1 Å². The third-order valence-electron chi connectivity index (χ3n) is 1.78. The molecule has 0 aliphatic heterocycles. The third kappa shape index (κ3) is 7.60. The molecule has 0 heterocycles. The van der Waals surface area contributed by atoms with E-state index in [1.807, 2.05) is 0 Å². The van der Waals surface area contributed by atoms with Gasteiger partial charge in [0.05, 0.1) is 6.42 Å². The first-order valence-electron chi connectivity index (χ1n) is 4.88. The smallest absolute Gasteiger partial charge is 0.317 e. The van der Waals surface area contributed by atoms with Crippen molar-refractivity contribution in [2.45, 2.75) is 13.3 Å². The number of carbonyl (C=O) groups is 3. The number of amides is 3. The molecule has 7 heteroatoms. The van der Waals surface area contributed by atoms with E-state index in [0.717, 1.165) is 0 Å². The maximum absolute atomic E-state index is 11.3. The summed E-state index contributed by atoms with van der Waals surface area (Å²) in [7, 11) is 1.51. The number of nitrogens with zero attached hydrogens (tertiary/aromatic N) is 1. The van der Waals surface area contributed by atoms with Gasteiger partial charge in [0, 0.05) is 33.6 Å². The lowest BCUT2D eigenvalue weighted by molar-refractivity contribution is -0.137. The molecule has 16 heavy (non-hydrogen) atoms. The van der Waals surface area contributed by atoms with Gasteiger partial charge in [-0.3, -0.25) is 9.59 Å². The van der Waals surface area contributed by atoms with Crippen molar-refractivity contribution in [1.29, 1.82) is 0 Å². The molecule has 3 N–H and O–H groups in total. The number of hydrogen-bond acceptors (Lipinski definition) is 3. The van der Waals surface area contributed by atoms with Crippen LogP contribution < -0.4 is 10.6 Å². The van der Waals surface area contributed by atoms with E-state index < -0.39 is 5.97 Å². The molecule has 0 aromatic heterocycles. The largest absolute Gasteiger partial charge is 0.481 e. The molecule has 7 nitrogen and oxygen atoms in total. The van der Waals surface area contributed by atoms with E-state index in [-0.39, 0.29) is 24.9 Å². The van der Waals surface area contributed by atoms with Crippen molar-refractivity contribution in [2.24, 2.45) is 0 Å². The van der Waals surface area contributed by atoms with Gasteiger partial charge in [-0.2, -0.15) is 0 Å². The van der Waals surface area contributed by atoms with Crippen LogP contribution in [0.2, 0.25) is 0 Å². The lowest BCUT2D eigenvalue weighted by atomic mass is 10.4. The maximum Gasteiger partial charge on any atom is 0.317 e. The van der Waals surface area contributed by atoms with Crippen LogP contribution in [0.3, 0.4) is 0 Å². The quantitative estimate of drug-likeness (QED) is 0.523. The summed E-state index contributed by atoms with van der Waals surface area (Å²) >= 11 is 0. The second-order valence-electron chi connectivity index (χ2n) is 3.28. The standard InChI is InChI=1S/C9H17N3O4/c1-7(13)10-4-5-11-9(16)12(2)6-3-8(14)15/h3-6H2,1-2H3,(H,10,13)(H,11,16)(H,14,15). The van der Waals surface area contributed by atoms with Crippen molar-refractivity contribution in [3.63, 3.8) is 0 Å². The Morgan fingerprint density at radius 2 is 1.75 bits per heavy atom. The lowest BCUT2D eigenvalue weighted by Gasteiger charge is -2.16. The summed E-state index contributed by atoms with van der Waals surface area (Å²) in [5.74, 6) is -1.11. The number of rotatable bonds is 6. The van der Waals surface area contributed by atoms with Gasteiger partial charge in [0.1, 0.15) is 0 Å². The van der Waals surface area contributed by atoms with Crippen LogP contribution in [-0.2, 0) is 9.59 Å². The van der Waals surface area contributed by atoms with Gasteiger partial charge in [-0.25, -0.2) is 4.79 Å². The number of carboxylic acids is 1. The summed E-state index contributed by atoms with van der Waals surface area (Å²) in [5.41, 5.74) is 0. The van der Waals surface area contributed by atoms with E-state index in [1.54, 1.807) is 0 Å². The van der Waals surface area contributed by atoms with Crippen molar-refractivity contribution in [1.82, 2.24) is 15.5 Å². The molecule has 0 radical (unpaired) electrons. The fourth-order valence-electron chi connectivity index (χ4n) is 0.908. The topological polar surface area (TPSA) is 98.7 Å². The van der Waals surface area contributed by atoms with Gasteiger partial charge in [-0.15, -0.1) is 0 Å². The first-order chi connectivity index (χ1) is 7.43. The summed E-state index contributed by atoms with van der Waals surface area (Å²) in [5, 5.41) is 13.5. The van der Waals surface area contributed by atoms with Crippen molar-refractivity contribution in [2.75, 3.05) is 26.7 Å². The van der Waals surface area contributed by atoms with Crippen LogP contribution in [0.15, 0.2) is 0 Å². The maximum atomic E-state index is 11.3. The van der Waals surface area contributed by atoms with Gasteiger partial charge in [0.15, 0.2) is 0 Å². The molecule has 0 bridgehead atoms. The van der Waals surface area contributed by atoms with E-state index >= 15 is 0 Å². The van der Waals surface area contributed by atoms with Gasteiger partial charge in [-0.05, 0) is 0 Å². The second-order valence-corrected chi connectivity index (χ2v) is 3.28. The zero-order valence-corrected chi connectivity index (χ0v) is 9.45. The predicted molar refractivity (Wildman–Crippen MR) is 57.0 cm³/mol. The number of urea groups is 1. The van der Waals surface area contributed by atoms with Gasteiger partial charge in [0.2, 0.25) is 5.91 Å². The Morgan fingerprint density at radius 1 is 1.19 bits per heavy atom. The first kappa shape index (κ1) is 14.2. The lowest BCUT2D eigenvalue weighted by Crippen LogP contribution is -2.41. The number of carbonyl (C=O) groups excluding carboxylic acids is 2. The van der Waals surface area contributed by atoms with Crippen molar-refractivity contribution in [3.8, 4) is 0 Å². The molecule has 3 amide bonds. The summed E-state index contributed by atoms with van der Waals surface area (Å²) in [6.07, 6.45) is -0.0877. The summed E-state index contributed by atoms with van der Waals surface area (Å²) < 4.78 is 0. The number of nitrogens with one attached hydrogen (secondary N) is 2. The molecule has 0 atom stereocenters. The number of aliphatic carboxylic acids is 1. The molecule has 0 spiro atoms. The molecule has 0 saturated carbocycles. The Hall–Kier alpha value is -1.79. The molecule has 0 aliphatic rings. The highest BCUT2D eigenvalue weighted by atomic mass is 16.4. The Labute approximate surface area is 93.8 Å².